The lowest BCUT2D eigenvalue weighted by Gasteiger charge is -2.12. The molecule has 0 saturated carbocycles. The summed E-state index contributed by atoms with van der Waals surface area (Å²) in [6.07, 6.45) is 0.761. The first-order chi connectivity index (χ1) is 11.5. The van der Waals surface area contributed by atoms with E-state index >= 15 is 0 Å². The van der Waals surface area contributed by atoms with Crippen molar-refractivity contribution >= 4 is 0 Å². The molecule has 24 heavy (non-hydrogen) atoms. The van der Waals surface area contributed by atoms with Gasteiger partial charge in [-0.3, -0.25) is 14.6 Å². The number of benzene rings is 2. The first kappa shape index (κ1) is 16.3. The van der Waals surface area contributed by atoms with Gasteiger partial charge in [-0.05, 0) is 43.9 Å². The van der Waals surface area contributed by atoms with Gasteiger partial charge in [0.05, 0.1) is 11.4 Å². The molecule has 0 radical (unpaired) electrons. The van der Waals surface area contributed by atoms with Gasteiger partial charge >= 0.3 is 0 Å². The second-order valence-corrected chi connectivity index (χ2v) is 6.91. The Morgan fingerprint density at radius 1 is 1.00 bits per heavy atom. The molecule has 3 nitrogen and oxygen atoms in total. The second kappa shape index (κ2) is 6.52. The van der Waals surface area contributed by atoms with E-state index in [4.69, 9.17) is 0 Å². The van der Waals surface area contributed by atoms with Crippen LogP contribution in [0.1, 0.15) is 30.5 Å². The lowest BCUT2D eigenvalue weighted by Crippen LogP contribution is -2.09. The first-order valence-corrected chi connectivity index (χ1v) is 8.43. The molecular weight excluding hydrogens is 296 g/mol. The number of nitrogens with zero attached hydrogens (tertiary/aromatic N) is 1. The smallest absolute Gasteiger partial charge is 0.268 e. The molecule has 0 amide bonds. The van der Waals surface area contributed by atoms with Crippen LogP contribution < -0.4 is 5.56 Å². The number of H-pyrrole nitrogens is 1. The molecule has 1 N–H and O–H groups in total. The molecule has 0 saturated heterocycles. The number of aryl methyl sites for hydroxylation is 2. The highest BCUT2D eigenvalue weighted by atomic mass is 16.1. The van der Waals surface area contributed by atoms with E-state index in [1.807, 2.05) is 16.8 Å². The fraction of sp³-hybridized carbons (Fsp3) is 0.286. The molecule has 124 valence electrons. The largest absolute Gasteiger partial charge is 0.268 e. The monoisotopic (exact) mass is 320 g/mol. The minimum atomic E-state index is 0.000723. The predicted molar refractivity (Wildman–Crippen MR) is 99.8 cm³/mol. The van der Waals surface area contributed by atoms with E-state index in [2.05, 4.69) is 69.2 Å². The average Bonchev–Trinajstić information content (AvgIpc) is 2.85. The highest BCUT2D eigenvalue weighted by Gasteiger charge is 2.18. The molecule has 1 aromatic heterocycles. The van der Waals surface area contributed by atoms with Gasteiger partial charge in [-0.1, -0.05) is 55.8 Å². The highest BCUT2D eigenvalue weighted by molar-refractivity contribution is 5.66. The van der Waals surface area contributed by atoms with Crippen LogP contribution in [0.2, 0.25) is 0 Å². The van der Waals surface area contributed by atoms with Gasteiger partial charge < -0.3 is 0 Å². The third kappa shape index (κ3) is 3.21. The van der Waals surface area contributed by atoms with Crippen LogP contribution in [-0.2, 0) is 6.42 Å². The van der Waals surface area contributed by atoms with Crippen molar-refractivity contribution in [2.24, 2.45) is 5.92 Å². The van der Waals surface area contributed by atoms with Crippen molar-refractivity contribution in [1.29, 1.82) is 0 Å². The van der Waals surface area contributed by atoms with Crippen molar-refractivity contribution in [2.75, 3.05) is 0 Å². The third-order valence-electron chi connectivity index (χ3n) is 4.19. The summed E-state index contributed by atoms with van der Waals surface area (Å²) < 4.78 is 1.93. The fourth-order valence-corrected chi connectivity index (χ4v) is 3.04. The van der Waals surface area contributed by atoms with Gasteiger partial charge in [0.25, 0.3) is 5.56 Å². The maximum absolute atomic E-state index is 12.6. The van der Waals surface area contributed by atoms with Gasteiger partial charge in [-0.2, -0.15) is 0 Å². The zero-order chi connectivity index (χ0) is 17.3. The van der Waals surface area contributed by atoms with Crippen molar-refractivity contribution in [2.45, 2.75) is 34.1 Å². The molecule has 0 bridgehead atoms. The number of nitrogens with one attached hydrogen (secondary N) is 1. The maximum atomic E-state index is 12.6. The highest BCUT2D eigenvalue weighted by Crippen LogP contribution is 2.27. The lowest BCUT2D eigenvalue weighted by atomic mass is 9.99. The molecule has 0 spiro atoms. The Hall–Kier alpha value is -2.55. The first-order valence-electron chi connectivity index (χ1n) is 8.43. The zero-order valence-electron chi connectivity index (χ0n) is 14.8. The molecule has 2 aromatic carbocycles. The summed E-state index contributed by atoms with van der Waals surface area (Å²) in [4.78, 5) is 12.6. The summed E-state index contributed by atoms with van der Waals surface area (Å²) in [7, 11) is 0. The summed E-state index contributed by atoms with van der Waals surface area (Å²) in [5.74, 6) is 0.420. The number of rotatable bonds is 4. The van der Waals surface area contributed by atoms with Gasteiger partial charge in [-0.25, -0.2) is 0 Å². The minimum Gasteiger partial charge on any atom is -0.268 e. The van der Waals surface area contributed by atoms with Crippen LogP contribution in [0.5, 0.6) is 0 Å². The predicted octanol–water partition coefficient (Wildman–Crippen LogP) is 4.65. The van der Waals surface area contributed by atoms with E-state index in [0.717, 1.165) is 28.9 Å². The fourth-order valence-electron chi connectivity index (χ4n) is 3.04. The van der Waals surface area contributed by atoms with Gasteiger partial charge in [0.1, 0.15) is 0 Å². The molecule has 0 aliphatic heterocycles. The van der Waals surface area contributed by atoms with E-state index in [0.29, 0.717) is 5.92 Å². The second-order valence-electron chi connectivity index (χ2n) is 6.91. The SMILES string of the molecule is Cc1ccc(-c2c(CC(C)C)c(=O)[nH]n2-c2cccc(C)c2)cc1. The normalized spacial score (nSPS) is 11.2. The molecule has 1 heterocycles. The van der Waals surface area contributed by atoms with Crippen LogP contribution in [-0.4, -0.2) is 9.78 Å². The average molecular weight is 320 g/mol. The Labute approximate surface area is 143 Å². The minimum absolute atomic E-state index is 0.000723. The Morgan fingerprint density at radius 3 is 2.33 bits per heavy atom. The van der Waals surface area contributed by atoms with Crippen LogP contribution >= 0.6 is 0 Å². The van der Waals surface area contributed by atoms with Crippen LogP contribution in [0, 0.1) is 19.8 Å². The van der Waals surface area contributed by atoms with E-state index < -0.39 is 0 Å². The topological polar surface area (TPSA) is 37.8 Å². The lowest BCUT2D eigenvalue weighted by molar-refractivity contribution is 0.645. The molecule has 0 unspecified atom stereocenters. The van der Waals surface area contributed by atoms with E-state index in [-0.39, 0.29) is 5.56 Å². The van der Waals surface area contributed by atoms with Crippen LogP contribution in [0.15, 0.2) is 53.3 Å². The molecule has 0 aliphatic rings. The van der Waals surface area contributed by atoms with E-state index in [1.54, 1.807) is 0 Å². The van der Waals surface area contributed by atoms with E-state index in [9.17, 15) is 4.79 Å². The number of hydrogen-bond acceptors (Lipinski definition) is 1. The molecule has 3 aromatic rings. The summed E-state index contributed by atoms with van der Waals surface area (Å²) >= 11 is 0. The van der Waals surface area contributed by atoms with Crippen molar-refractivity contribution in [3.8, 4) is 16.9 Å². The Kier molecular flexibility index (Phi) is 4.43. The van der Waals surface area contributed by atoms with Crippen LogP contribution in [0.4, 0.5) is 0 Å². The molecule has 3 rings (SSSR count). The summed E-state index contributed by atoms with van der Waals surface area (Å²) in [6.45, 7) is 8.42. The number of hydrogen-bond donors (Lipinski definition) is 1. The molecule has 0 fully saturated rings. The zero-order valence-corrected chi connectivity index (χ0v) is 14.8. The Morgan fingerprint density at radius 2 is 1.71 bits per heavy atom. The standard InChI is InChI=1S/C21H24N2O/c1-14(2)12-19-20(17-10-8-15(3)9-11-17)23(22-21(19)24)18-7-5-6-16(4)13-18/h5-11,13-14H,12H2,1-4H3,(H,22,24). The van der Waals surface area contributed by atoms with Gasteiger partial charge in [0.2, 0.25) is 0 Å². The summed E-state index contributed by atoms with van der Waals surface area (Å²) in [5.41, 5.74) is 6.26. The Balaban J connectivity index is 2.26. The van der Waals surface area contributed by atoms with Gasteiger partial charge in [0.15, 0.2) is 0 Å². The molecule has 0 atom stereocenters. The molecular formula is C21H24N2O. The van der Waals surface area contributed by atoms with Crippen molar-refractivity contribution in [3.05, 3.63) is 75.6 Å². The van der Waals surface area contributed by atoms with Gasteiger partial charge in [-0.15, -0.1) is 0 Å². The molecule has 0 aliphatic carbocycles. The van der Waals surface area contributed by atoms with E-state index in [1.165, 1.54) is 11.1 Å². The maximum Gasteiger partial charge on any atom is 0.268 e. The summed E-state index contributed by atoms with van der Waals surface area (Å²) in [6, 6.07) is 16.6. The van der Waals surface area contributed by atoms with Crippen molar-refractivity contribution < 1.29 is 0 Å². The Bertz CT molecular complexity index is 898. The molecule has 3 heteroatoms. The number of aromatic amines is 1. The summed E-state index contributed by atoms with van der Waals surface area (Å²) in [5, 5.41) is 3.04. The third-order valence-corrected chi connectivity index (χ3v) is 4.19. The van der Waals surface area contributed by atoms with Crippen molar-refractivity contribution in [1.82, 2.24) is 9.78 Å². The van der Waals surface area contributed by atoms with Crippen LogP contribution in [0.25, 0.3) is 16.9 Å². The number of aromatic nitrogens is 2. The quantitative estimate of drug-likeness (QED) is 0.746. The van der Waals surface area contributed by atoms with Crippen molar-refractivity contribution in [3.63, 3.8) is 0 Å². The van der Waals surface area contributed by atoms with Crippen LogP contribution in [0.3, 0.4) is 0 Å². The van der Waals surface area contributed by atoms with Gasteiger partial charge in [0, 0.05) is 11.1 Å².